The van der Waals surface area contributed by atoms with Crippen molar-refractivity contribution in [2.24, 2.45) is 0 Å². The largest absolute Gasteiger partial charge is 0.373 e. The molecule has 0 spiro atoms. The van der Waals surface area contributed by atoms with Crippen molar-refractivity contribution in [1.82, 2.24) is 9.88 Å². The molecule has 1 unspecified atom stereocenters. The van der Waals surface area contributed by atoms with Gasteiger partial charge < -0.3 is 5.32 Å². The van der Waals surface area contributed by atoms with Crippen LogP contribution in [-0.2, 0) is 9.59 Å². The molecule has 0 radical (unpaired) electrons. The predicted molar refractivity (Wildman–Crippen MR) is 76.2 cm³/mol. The number of nitrogens with zero attached hydrogens (tertiary/aromatic N) is 2. The van der Waals surface area contributed by atoms with Crippen molar-refractivity contribution in [3.05, 3.63) is 36.7 Å². The molecule has 1 aromatic heterocycles. The summed E-state index contributed by atoms with van der Waals surface area (Å²) in [4.78, 5) is 29.2. The van der Waals surface area contributed by atoms with Crippen LogP contribution in [0.5, 0.6) is 0 Å². The van der Waals surface area contributed by atoms with Gasteiger partial charge in [0, 0.05) is 35.4 Å². The topological polar surface area (TPSA) is 62.3 Å². The Morgan fingerprint density at radius 2 is 2.20 bits per heavy atom. The molecule has 1 N–H and O–H groups in total. The van der Waals surface area contributed by atoms with Gasteiger partial charge in [0.05, 0.1) is 6.42 Å². The minimum absolute atomic E-state index is 0.114. The van der Waals surface area contributed by atoms with E-state index in [9.17, 15) is 9.59 Å². The van der Waals surface area contributed by atoms with Crippen LogP contribution in [-0.4, -0.2) is 34.3 Å². The first-order valence-corrected chi connectivity index (χ1v) is 6.64. The highest BCUT2D eigenvalue weighted by Crippen LogP contribution is 2.25. The van der Waals surface area contributed by atoms with Crippen molar-refractivity contribution >= 4 is 28.3 Å². The normalized spacial score (nSPS) is 18.9. The Bertz CT molecular complexity index is 678. The molecular formula is C15H15N3O2. The third-order valence-electron chi connectivity index (χ3n) is 3.57. The summed E-state index contributed by atoms with van der Waals surface area (Å²) in [6.07, 6.45) is 3.71. The summed E-state index contributed by atoms with van der Waals surface area (Å²) >= 11 is 0. The summed E-state index contributed by atoms with van der Waals surface area (Å²) in [5.74, 6) is -0.263. The zero-order valence-electron chi connectivity index (χ0n) is 11.2. The van der Waals surface area contributed by atoms with E-state index in [1.807, 2.05) is 31.2 Å². The Kier molecular flexibility index (Phi) is 3.10. The zero-order valence-corrected chi connectivity index (χ0v) is 11.2. The highest BCUT2D eigenvalue weighted by Gasteiger charge is 2.37. The van der Waals surface area contributed by atoms with Crippen molar-refractivity contribution in [3.8, 4) is 0 Å². The van der Waals surface area contributed by atoms with Crippen molar-refractivity contribution in [3.63, 3.8) is 0 Å². The van der Waals surface area contributed by atoms with Gasteiger partial charge in [-0.1, -0.05) is 12.1 Å². The lowest BCUT2D eigenvalue weighted by Gasteiger charge is -2.15. The highest BCUT2D eigenvalue weighted by atomic mass is 16.2. The van der Waals surface area contributed by atoms with Gasteiger partial charge in [0.15, 0.2) is 0 Å². The number of hydrogen-bond acceptors (Lipinski definition) is 4. The second-order valence-electron chi connectivity index (χ2n) is 4.78. The smallest absolute Gasteiger partial charge is 0.252 e. The van der Waals surface area contributed by atoms with Gasteiger partial charge in [0.1, 0.15) is 6.04 Å². The molecule has 1 aliphatic rings. The van der Waals surface area contributed by atoms with Gasteiger partial charge in [-0.05, 0) is 19.1 Å². The molecule has 2 heterocycles. The lowest BCUT2D eigenvalue weighted by Crippen LogP contribution is -2.34. The average molecular weight is 269 g/mol. The second kappa shape index (κ2) is 4.92. The fraction of sp³-hybridized carbons (Fsp3) is 0.267. The third kappa shape index (κ3) is 2.01. The Labute approximate surface area is 116 Å². The van der Waals surface area contributed by atoms with E-state index in [1.54, 1.807) is 12.4 Å². The Morgan fingerprint density at radius 1 is 1.35 bits per heavy atom. The van der Waals surface area contributed by atoms with E-state index >= 15 is 0 Å². The number of carbonyl (C=O) groups excluding carboxylic acids is 2. The van der Waals surface area contributed by atoms with Crippen LogP contribution in [0.4, 0.5) is 5.69 Å². The van der Waals surface area contributed by atoms with Crippen molar-refractivity contribution in [2.45, 2.75) is 19.4 Å². The number of rotatable bonds is 3. The molecule has 1 aromatic carbocycles. The first-order valence-electron chi connectivity index (χ1n) is 6.64. The molecule has 0 bridgehead atoms. The van der Waals surface area contributed by atoms with Gasteiger partial charge in [0.2, 0.25) is 5.91 Å². The fourth-order valence-electron chi connectivity index (χ4n) is 2.56. The number of anilines is 1. The number of pyridine rings is 1. The van der Waals surface area contributed by atoms with E-state index in [0.29, 0.717) is 6.54 Å². The second-order valence-corrected chi connectivity index (χ2v) is 4.78. The van der Waals surface area contributed by atoms with Crippen LogP contribution in [0.15, 0.2) is 36.7 Å². The van der Waals surface area contributed by atoms with E-state index in [-0.39, 0.29) is 18.2 Å². The van der Waals surface area contributed by atoms with Crippen LogP contribution in [0.2, 0.25) is 0 Å². The van der Waals surface area contributed by atoms with Gasteiger partial charge >= 0.3 is 0 Å². The highest BCUT2D eigenvalue weighted by molar-refractivity contribution is 6.07. The molecule has 2 aromatic rings. The molecule has 5 nitrogen and oxygen atoms in total. The van der Waals surface area contributed by atoms with Gasteiger partial charge in [-0.2, -0.15) is 0 Å². The van der Waals surface area contributed by atoms with Crippen LogP contribution in [0.1, 0.15) is 13.3 Å². The number of hydrogen-bond donors (Lipinski definition) is 1. The first-order chi connectivity index (χ1) is 9.70. The van der Waals surface area contributed by atoms with Crippen molar-refractivity contribution in [2.75, 3.05) is 11.9 Å². The maximum absolute atomic E-state index is 12.1. The zero-order chi connectivity index (χ0) is 14.1. The predicted octanol–water partition coefficient (Wildman–Crippen LogP) is 1.79. The minimum Gasteiger partial charge on any atom is -0.373 e. The van der Waals surface area contributed by atoms with Crippen molar-refractivity contribution < 1.29 is 9.59 Å². The van der Waals surface area contributed by atoms with Crippen LogP contribution in [0.25, 0.3) is 10.8 Å². The number of likely N-dealkylation sites (N-methyl/N-ethyl adjacent to an activating group) is 1. The average Bonchev–Trinajstić information content (AvgIpc) is 2.73. The fourth-order valence-corrected chi connectivity index (χ4v) is 2.56. The Hall–Kier alpha value is -2.43. The van der Waals surface area contributed by atoms with E-state index in [0.717, 1.165) is 16.5 Å². The number of amides is 2. The number of fused-ring (bicyclic) bond motifs is 1. The van der Waals surface area contributed by atoms with E-state index in [4.69, 9.17) is 0 Å². The maximum Gasteiger partial charge on any atom is 0.252 e. The first kappa shape index (κ1) is 12.6. The SMILES string of the molecule is CCN1C(=O)CC(Nc2cccc3cnccc23)C1=O. The monoisotopic (exact) mass is 269 g/mol. The third-order valence-corrected chi connectivity index (χ3v) is 3.57. The molecule has 5 heteroatoms. The number of benzene rings is 1. The van der Waals surface area contributed by atoms with Gasteiger partial charge in [-0.25, -0.2) is 0 Å². The summed E-state index contributed by atoms with van der Waals surface area (Å²) in [7, 11) is 0. The molecule has 1 fully saturated rings. The number of likely N-dealkylation sites (tertiary alicyclic amines) is 1. The van der Waals surface area contributed by atoms with E-state index in [2.05, 4.69) is 10.3 Å². The molecule has 1 aliphatic heterocycles. The summed E-state index contributed by atoms with van der Waals surface area (Å²) in [6.45, 7) is 2.23. The minimum atomic E-state index is -0.471. The van der Waals surface area contributed by atoms with Crippen LogP contribution in [0.3, 0.4) is 0 Å². The summed E-state index contributed by atoms with van der Waals surface area (Å²) in [5.41, 5.74) is 0.856. The Morgan fingerprint density at radius 3 is 2.95 bits per heavy atom. The molecule has 2 amide bonds. The van der Waals surface area contributed by atoms with Gasteiger partial charge in [-0.15, -0.1) is 0 Å². The maximum atomic E-state index is 12.1. The van der Waals surface area contributed by atoms with Crippen molar-refractivity contribution in [1.29, 1.82) is 0 Å². The van der Waals surface area contributed by atoms with E-state index < -0.39 is 6.04 Å². The van der Waals surface area contributed by atoms with E-state index in [1.165, 1.54) is 4.90 Å². The molecule has 1 saturated heterocycles. The summed E-state index contributed by atoms with van der Waals surface area (Å²) in [5, 5.41) is 5.19. The molecule has 1 atom stereocenters. The standard InChI is InChI=1S/C15H15N3O2/c1-2-18-14(19)8-13(15(18)20)17-12-5-3-4-10-9-16-7-6-11(10)12/h3-7,9,13,17H,2,8H2,1H3. The Balaban J connectivity index is 1.91. The lowest BCUT2D eigenvalue weighted by atomic mass is 10.1. The van der Waals surface area contributed by atoms with Crippen LogP contribution in [0, 0.1) is 0 Å². The number of aromatic nitrogens is 1. The molecule has 0 aliphatic carbocycles. The number of carbonyl (C=O) groups is 2. The van der Waals surface area contributed by atoms with Gasteiger partial charge in [0.25, 0.3) is 5.91 Å². The van der Waals surface area contributed by atoms with Crippen LogP contribution >= 0.6 is 0 Å². The molecular weight excluding hydrogens is 254 g/mol. The number of imide groups is 1. The molecule has 0 saturated carbocycles. The summed E-state index contributed by atoms with van der Waals surface area (Å²) < 4.78 is 0. The molecule has 3 rings (SSSR count). The quantitative estimate of drug-likeness (QED) is 0.863. The molecule has 102 valence electrons. The summed E-state index contributed by atoms with van der Waals surface area (Å²) in [6, 6.07) is 7.21. The van der Waals surface area contributed by atoms with Crippen LogP contribution < -0.4 is 5.32 Å². The lowest BCUT2D eigenvalue weighted by molar-refractivity contribution is -0.138. The molecule has 20 heavy (non-hydrogen) atoms. The van der Waals surface area contributed by atoms with Gasteiger partial charge in [-0.3, -0.25) is 19.5 Å². The number of nitrogens with one attached hydrogen (secondary N) is 1.